The van der Waals surface area contributed by atoms with Crippen LogP contribution in [0.2, 0.25) is 0 Å². The Morgan fingerprint density at radius 3 is 2.35 bits per heavy atom. The highest BCUT2D eigenvalue weighted by atomic mass is 16.5. The highest BCUT2D eigenvalue weighted by Gasteiger charge is 2.24. The van der Waals surface area contributed by atoms with E-state index in [2.05, 4.69) is 24.1 Å². The monoisotopic (exact) mass is 240 g/mol. The lowest BCUT2D eigenvalue weighted by Gasteiger charge is -2.39. The second kappa shape index (κ2) is 6.72. The van der Waals surface area contributed by atoms with Gasteiger partial charge in [-0.05, 0) is 52.6 Å². The van der Waals surface area contributed by atoms with Crippen molar-refractivity contribution in [3.05, 3.63) is 0 Å². The molecule has 3 heteroatoms. The summed E-state index contributed by atoms with van der Waals surface area (Å²) in [5.74, 6) is 0. The molecule has 2 fully saturated rings. The van der Waals surface area contributed by atoms with Crippen LogP contribution in [-0.4, -0.2) is 49.3 Å². The maximum Gasteiger partial charge on any atom is 0.0600 e. The minimum absolute atomic E-state index is 0.506. The third-order valence-corrected chi connectivity index (χ3v) is 4.37. The molecule has 2 heterocycles. The van der Waals surface area contributed by atoms with E-state index in [1.54, 1.807) is 0 Å². The molecule has 0 aromatic carbocycles. The first-order valence-corrected chi connectivity index (χ1v) is 7.35. The summed E-state index contributed by atoms with van der Waals surface area (Å²) in [6.07, 6.45) is 6.99. The largest absolute Gasteiger partial charge is 0.377 e. The Kier molecular flexibility index (Phi) is 5.26. The molecule has 2 atom stereocenters. The summed E-state index contributed by atoms with van der Waals surface area (Å²) in [5, 5.41) is 3.38. The molecule has 0 aromatic rings. The molecule has 0 amide bonds. The van der Waals surface area contributed by atoms with Gasteiger partial charge in [0, 0.05) is 18.6 Å². The first kappa shape index (κ1) is 13.3. The Hall–Kier alpha value is -0.120. The molecule has 17 heavy (non-hydrogen) atoms. The average Bonchev–Trinajstić information content (AvgIpc) is 2.34. The van der Waals surface area contributed by atoms with Crippen LogP contribution in [-0.2, 0) is 4.74 Å². The summed E-state index contributed by atoms with van der Waals surface area (Å²) in [7, 11) is 0. The van der Waals surface area contributed by atoms with Crippen LogP contribution in [0.4, 0.5) is 0 Å². The molecule has 0 aliphatic carbocycles. The molecule has 1 N–H and O–H groups in total. The predicted molar refractivity (Wildman–Crippen MR) is 71.3 cm³/mol. The van der Waals surface area contributed by atoms with E-state index in [1.807, 2.05) is 0 Å². The van der Waals surface area contributed by atoms with Gasteiger partial charge >= 0.3 is 0 Å². The minimum Gasteiger partial charge on any atom is -0.377 e. The quantitative estimate of drug-likeness (QED) is 0.813. The van der Waals surface area contributed by atoms with Gasteiger partial charge in [-0.3, -0.25) is 4.90 Å². The molecule has 0 unspecified atom stereocenters. The highest BCUT2D eigenvalue weighted by molar-refractivity contribution is 4.79. The third kappa shape index (κ3) is 3.94. The van der Waals surface area contributed by atoms with E-state index in [0.29, 0.717) is 6.10 Å². The van der Waals surface area contributed by atoms with E-state index in [9.17, 15) is 0 Å². The zero-order valence-corrected chi connectivity index (χ0v) is 11.5. The van der Waals surface area contributed by atoms with Crippen molar-refractivity contribution >= 4 is 0 Å². The molecule has 2 aliphatic rings. The fourth-order valence-corrected chi connectivity index (χ4v) is 3.20. The minimum atomic E-state index is 0.506. The van der Waals surface area contributed by atoms with Gasteiger partial charge in [0.2, 0.25) is 0 Å². The summed E-state index contributed by atoms with van der Waals surface area (Å²) in [6, 6.07) is 1.49. The second-order valence-corrected chi connectivity index (χ2v) is 5.69. The summed E-state index contributed by atoms with van der Waals surface area (Å²) < 4.78 is 6.00. The molecule has 2 rings (SSSR count). The van der Waals surface area contributed by atoms with Gasteiger partial charge in [0.05, 0.1) is 12.7 Å². The Morgan fingerprint density at radius 2 is 1.71 bits per heavy atom. The molecule has 2 aliphatic heterocycles. The Morgan fingerprint density at radius 1 is 1.06 bits per heavy atom. The summed E-state index contributed by atoms with van der Waals surface area (Å²) in [4.78, 5) is 2.63. The fourth-order valence-electron chi connectivity index (χ4n) is 3.20. The lowest BCUT2D eigenvalue weighted by Crippen LogP contribution is -2.45. The van der Waals surface area contributed by atoms with Gasteiger partial charge in [-0.25, -0.2) is 0 Å². The van der Waals surface area contributed by atoms with Crippen LogP contribution >= 0.6 is 0 Å². The number of nitrogens with one attached hydrogen (secondary N) is 1. The summed E-state index contributed by atoms with van der Waals surface area (Å²) >= 11 is 0. The number of nitrogens with zero attached hydrogens (tertiary/aromatic N) is 1. The first-order valence-electron chi connectivity index (χ1n) is 7.35. The van der Waals surface area contributed by atoms with Gasteiger partial charge in [0.1, 0.15) is 0 Å². The molecule has 0 spiro atoms. The van der Waals surface area contributed by atoms with Crippen LogP contribution in [0, 0.1) is 0 Å². The van der Waals surface area contributed by atoms with Crippen molar-refractivity contribution in [3.8, 4) is 0 Å². The standard InChI is InChI=1S/C14H28N2O/c1-12-4-3-5-13(2)16(12)10-11-17-14-6-8-15-9-7-14/h12-15H,3-11H2,1-2H3/t12-,13+. The van der Waals surface area contributed by atoms with Crippen LogP contribution in [0.1, 0.15) is 46.0 Å². The van der Waals surface area contributed by atoms with Gasteiger partial charge in [-0.15, -0.1) is 0 Å². The SMILES string of the molecule is C[C@@H]1CCC[C@H](C)N1CCOC1CCNCC1. The van der Waals surface area contributed by atoms with Gasteiger partial charge in [-0.1, -0.05) is 6.42 Å². The number of likely N-dealkylation sites (tertiary alicyclic amines) is 1. The zero-order chi connectivity index (χ0) is 12.1. The topological polar surface area (TPSA) is 24.5 Å². The van der Waals surface area contributed by atoms with Crippen LogP contribution in [0.25, 0.3) is 0 Å². The van der Waals surface area contributed by atoms with Crippen molar-refractivity contribution < 1.29 is 4.74 Å². The second-order valence-electron chi connectivity index (χ2n) is 5.69. The first-order chi connectivity index (χ1) is 8.27. The van der Waals surface area contributed by atoms with Crippen molar-refractivity contribution in [3.63, 3.8) is 0 Å². The van der Waals surface area contributed by atoms with E-state index >= 15 is 0 Å². The molecule has 3 nitrogen and oxygen atoms in total. The van der Waals surface area contributed by atoms with E-state index in [0.717, 1.165) is 38.3 Å². The molecule has 2 saturated heterocycles. The highest BCUT2D eigenvalue weighted by Crippen LogP contribution is 2.22. The predicted octanol–water partition coefficient (Wildman–Crippen LogP) is 2.02. The van der Waals surface area contributed by atoms with Crippen molar-refractivity contribution in [2.24, 2.45) is 0 Å². The summed E-state index contributed by atoms with van der Waals surface area (Å²) in [5.41, 5.74) is 0. The van der Waals surface area contributed by atoms with Gasteiger partial charge < -0.3 is 10.1 Å². The maximum absolute atomic E-state index is 6.00. The molecule has 0 aromatic heterocycles. The van der Waals surface area contributed by atoms with Crippen LogP contribution in [0.15, 0.2) is 0 Å². The molecule has 0 radical (unpaired) electrons. The molecule has 0 bridgehead atoms. The van der Waals surface area contributed by atoms with E-state index in [-0.39, 0.29) is 0 Å². The number of hydrogen-bond donors (Lipinski definition) is 1. The molecule has 0 saturated carbocycles. The van der Waals surface area contributed by atoms with E-state index in [4.69, 9.17) is 4.74 Å². The van der Waals surface area contributed by atoms with E-state index in [1.165, 1.54) is 32.1 Å². The summed E-state index contributed by atoms with van der Waals surface area (Å²) in [6.45, 7) is 9.01. The number of hydrogen-bond acceptors (Lipinski definition) is 3. The maximum atomic E-state index is 6.00. The number of piperidine rings is 2. The van der Waals surface area contributed by atoms with Crippen LogP contribution in [0.3, 0.4) is 0 Å². The van der Waals surface area contributed by atoms with Gasteiger partial charge in [-0.2, -0.15) is 0 Å². The smallest absolute Gasteiger partial charge is 0.0600 e. The van der Waals surface area contributed by atoms with Crippen molar-refractivity contribution in [1.29, 1.82) is 0 Å². The lowest BCUT2D eigenvalue weighted by atomic mass is 9.98. The molecule has 100 valence electrons. The Balaban J connectivity index is 1.66. The Labute approximate surface area is 106 Å². The third-order valence-electron chi connectivity index (χ3n) is 4.37. The van der Waals surface area contributed by atoms with Gasteiger partial charge in [0.25, 0.3) is 0 Å². The van der Waals surface area contributed by atoms with Crippen molar-refractivity contribution in [1.82, 2.24) is 10.2 Å². The van der Waals surface area contributed by atoms with Crippen LogP contribution in [0.5, 0.6) is 0 Å². The average molecular weight is 240 g/mol. The Bertz CT molecular complexity index is 206. The van der Waals surface area contributed by atoms with E-state index < -0.39 is 0 Å². The van der Waals surface area contributed by atoms with Crippen molar-refractivity contribution in [2.75, 3.05) is 26.2 Å². The fraction of sp³-hybridized carbons (Fsp3) is 1.00. The zero-order valence-electron chi connectivity index (χ0n) is 11.5. The number of rotatable bonds is 4. The number of ether oxygens (including phenoxy) is 1. The van der Waals surface area contributed by atoms with Gasteiger partial charge in [0.15, 0.2) is 0 Å². The lowest BCUT2D eigenvalue weighted by molar-refractivity contribution is -0.0000532. The normalized spacial score (nSPS) is 32.8. The van der Waals surface area contributed by atoms with Crippen molar-refractivity contribution in [2.45, 2.75) is 64.1 Å². The molecular formula is C14H28N2O. The molecular weight excluding hydrogens is 212 g/mol. The van der Waals surface area contributed by atoms with Crippen LogP contribution < -0.4 is 5.32 Å².